The van der Waals surface area contributed by atoms with Crippen molar-refractivity contribution in [1.29, 1.82) is 0 Å². The van der Waals surface area contributed by atoms with E-state index in [-0.39, 0.29) is 0 Å². The van der Waals surface area contributed by atoms with Crippen LogP contribution in [-0.4, -0.2) is 10.7 Å². The molecule has 2 atom stereocenters. The largest absolute Gasteiger partial charge is 0.389 e. The molecule has 74 valence electrons. The minimum atomic E-state index is -0.407. The first kappa shape index (κ1) is 9.26. The summed E-state index contributed by atoms with van der Waals surface area (Å²) in [6.07, 6.45) is 8.27. The second-order valence-electron chi connectivity index (χ2n) is 4.93. The molecule has 0 spiro atoms. The van der Waals surface area contributed by atoms with Crippen LogP contribution in [-0.2, 0) is 0 Å². The Morgan fingerprint density at radius 3 is 2.92 bits per heavy atom. The minimum Gasteiger partial charge on any atom is -0.389 e. The summed E-state index contributed by atoms with van der Waals surface area (Å²) in [7, 11) is 0. The molecule has 0 radical (unpaired) electrons. The van der Waals surface area contributed by atoms with Crippen molar-refractivity contribution < 1.29 is 5.11 Å². The van der Waals surface area contributed by atoms with Crippen molar-refractivity contribution in [2.45, 2.75) is 51.6 Å². The Bertz CT molecular complexity index is 229. The molecule has 0 saturated heterocycles. The van der Waals surface area contributed by atoms with Gasteiger partial charge >= 0.3 is 0 Å². The van der Waals surface area contributed by atoms with Crippen molar-refractivity contribution in [2.24, 2.45) is 11.8 Å². The van der Waals surface area contributed by atoms with Crippen LogP contribution in [0, 0.1) is 11.8 Å². The molecule has 2 aliphatic rings. The molecule has 1 fully saturated rings. The predicted octanol–water partition coefficient (Wildman–Crippen LogP) is 2.89. The first-order chi connectivity index (χ1) is 6.14. The third-order valence-corrected chi connectivity index (χ3v) is 3.95. The van der Waals surface area contributed by atoms with Gasteiger partial charge in [0.1, 0.15) is 0 Å². The summed E-state index contributed by atoms with van der Waals surface area (Å²) in [5, 5.41) is 10.5. The summed E-state index contributed by atoms with van der Waals surface area (Å²) in [5.41, 5.74) is 1.14. The summed E-state index contributed by atoms with van der Waals surface area (Å²) >= 11 is 0. The van der Waals surface area contributed by atoms with Crippen LogP contribution in [0.15, 0.2) is 11.6 Å². The molecule has 0 aliphatic heterocycles. The maximum atomic E-state index is 10.5. The molecule has 0 unspecified atom stereocenters. The highest BCUT2D eigenvalue weighted by atomic mass is 16.3. The second-order valence-corrected chi connectivity index (χ2v) is 4.93. The molecule has 1 nitrogen and oxygen atoms in total. The van der Waals surface area contributed by atoms with Crippen molar-refractivity contribution in [3.63, 3.8) is 0 Å². The van der Waals surface area contributed by atoms with Gasteiger partial charge in [-0.05, 0) is 31.6 Å². The highest BCUT2D eigenvalue weighted by molar-refractivity contribution is 5.23. The van der Waals surface area contributed by atoms with Gasteiger partial charge in [0.15, 0.2) is 0 Å². The van der Waals surface area contributed by atoms with Crippen molar-refractivity contribution in [3.8, 4) is 0 Å². The van der Waals surface area contributed by atoms with Gasteiger partial charge in [0.05, 0.1) is 5.60 Å². The topological polar surface area (TPSA) is 20.2 Å². The van der Waals surface area contributed by atoms with E-state index in [9.17, 15) is 5.11 Å². The van der Waals surface area contributed by atoms with Crippen molar-refractivity contribution >= 4 is 0 Å². The fourth-order valence-electron chi connectivity index (χ4n) is 2.93. The quantitative estimate of drug-likeness (QED) is 0.615. The SMILES string of the molecule is CC(C)[C@]1(O)CC=C2CCCC[C@@H]21. The zero-order valence-corrected chi connectivity index (χ0v) is 8.71. The Kier molecular flexibility index (Phi) is 2.23. The fourth-order valence-corrected chi connectivity index (χ4v) is 2.93. The van der Waals surface area contributed by atoms with Gasteiger partial charge in [-0.15, -0.1) is 0 Å². The molecule has 2 aliphatic carbocycles. The Hall–Kier alpha value is -0.300. The first-order valence-corrected chi connectivity index (χ1v) is 5.56. The minimum absolute atomic E-state index is 0.393. The molecule has 1 saturated carbocycles. The van der Waals surface area contributed by atoms with E-state index in [0.717, 1.165) is 6.42 Å². The van der Waals surface area contributed by atoms with E-state index in [1.165, 1.54) is 25.7 Å². The van der Waals surface area contributed by atoms with Crippen LogP contribution in [0.5, 0.6) is 0 Å². The summed E-state index contributed by atoms with van der Waals surface area (Å²) in [6.45, 7) is 4.29. The van der Waals surface area contributed by atoms with Crippen molar-refractivity contribution in [1.82, 2.24) is 0 Å². The van der Waals surface area contributed by atoms with Crippen LogP contribution in [0.3, 0.4) is 0 Å². The van der Waals surface area contributed by atoms with E-state index in [0.29, 0.717) is 11.8 Å². The lowest BCUT2D eigenvalue weighted by molar-refractivity contribution is -0.0403. The fraction of sp³-hybridized carbons (Fsp3) is 0.833. The van der Waals surface area contributed by atoms with Gasteiger partial charge in [-0.2, -0.15) is 0 Å². The summed E-state index contributed by atoms with van der Waals surface area (Å²) < 4.78 is 0. The second kappa shape index (κ2) is 3.13. The van der Waals surface area contributed by atoms with E-state index in [4.69, 9.17) is 0 Å². The van der Waals surface area contributed by atoms with Gasteiger partial charge in [-0.1, -0.05) is 31.9 Å². The molecule has 1 N–H and O–H groups in total. The maximum Gasteiger partial charge on any atom is 0.0769 e. The summed E-state index contributed by atoms with van der Waals surface area (Å²) in [4.78, 5) is 0. The predicted molar refractivity (Wildman–Crippen MR) is 54.4 cm³/mol. The molecule has 0 amide bonds. The van der Waals surface area contributed by atoms with E-state index in [2.05, 4.69) is 19.9 Å². The molecule has 0 aromatic rings. The van der Waals surface area contributed by atoms with E-state index in [1.807, 2.05) is 0 Å². The molecule has 13 heavy (non-hydrogen) atoms. The third-order valence-electron chi connectivity index (χ3n) is 3.95. The van der Waals surface area contributed by atoms with Gasteiger partial charge in [0.25, 0.3) is 0 Å². The van der Waals surface area contributed by atoms with Gasteiger partial charge < -0.3 is 5.11 Å². The van der Waals surface area contributed by atoms with Crippen LogP contribution in [0.1, 0.15) is 46.0 Å². The van der Waals surface area contributed by atoms with Crippen molar-refractivity contribution in [3.05, 3.63) is 11.6 Å². The van der Waals surface area contributed by atoms with Gasteiger partial charge in [-0.25, -0.2) is 0 Å². The normalized spacial score (nSPS) is 39.1. The van der Waals surface area contributed by atoms with Crippen molar-refractivity contribution in [2.75, 3.05) is 0 Å². The molecule has 0 heterocycles. The van der Waals surface area contributed by atoms with Crippen LogP contribution >= 0.6 is 0 Å². The molecule has 0 bridgehead atoms. The van der Waals surface area contributed by atoms with Crippen LogP contribution in [0.4, 0.5) is 0 Å². The Morgan fingerprint density at radius 1 is 1.46 bits per heavy atom. The lowest BCUT2D eigenvalue weighted by Gasteiger charge is -2.37. The zero-order valence-electron chi connectivity index (χ0n) is 8.71. The Balaban J connectivity index is 2.19. The monoisotopic (exact) mass is 180 g/mol. The molecule has 1 heteroatoms. The van der Waals surface area contributed by atoms with E-state index in [1.54, 1.807) is 5.57 Å². The van der Waals surface area contributed by atoms with Crippen LogP contribution in [0.25, 0.3) is 0 Å². The highest BCUT2D eigenvalue weighted by Crippen LogP contribution is 2.47. The number of fused-ring (bicyclic) bond motifs is 1. The number of hydrogen-bond donors (Lipinski definition) is 1. The van der Waals surface area contributed by atoms with Crippen LogP contribution < -0.4 is 0 Å². The summed E-state index contributed by atoms with van der Waals surface area (Å²) in [5.74, 6) is 0.880. The maximum absolute atomic E-state index is 10.5. The summed E-state index contributed by atoms with van der Waals surface area (Å²) in [6, 6.07) is 0. The van der Waals surface area contributed by atoms with Gasteiger partial charge in [-0.3, -0.25) is 0 Å². The lowest BCUT2D eigenvalue weighted by Crippen LogP contribution is -2.41. The molecular formula is C12H20O. The van der Waals surface area contributed by atoms with Gasteiger partial charge in [0.2, 0.25) is 0 Å². The van der Waals surface area contributed by atoms with E-state index >= 15 is 0 Å². The molecule has 2 rings (SSSR count). The Labute approximate surface area is 80.8 Å². The smallest absolute Gasteiger partial charge is 0.0769 e. The first-order valence-electron chi connectivity index (χ1n) is 5.56. The number of rotatable bonds is 1. The third kappa shape index (κ3) is 1.34. The standard InChI is InChI=1S/C12H20O/c1-9(2)12(13)8-7-10-5-3-4-6-11(10)12/h7,9,11,13H,3-6,8H2,1-2H3/t11-,12+/m0/s1. The van der Waals surface area contributed by atoms with Crippen LogP contribution in [0.2, 0.25) is 0 Å². The average Bonchev–Trinajstić information content (AvgIpc) is 2.47. The lowest BCUT2D eigenvalue weighted by atomic mass is 9.73. The molecular weight excluding hydrogens is 160 g/mol. The van der Waals surface area contributed by atoms with Gasteiger partial charge in [0, 0.05) is 5.92 Å². The average molecular weight is 180 g/mol. The Morgan fingerprint density at radius 2 is 2.23 bits per heavy atom. The van der Waals surface area contributed by atoms with E-state index < -0.39 is 5.60 Å². The highest BCUT2D eigenvalue weighted by Gasteiger charge is 2.44. The number of aliphatic hydroxyl groups is 1. The number of hydrogen-bond acceptors (Lipinski definition) is 1. The zero-order chi connectivity index (χ0) is 9.47. The molecule has 0 aromatic heterocycles. The molecule has 0 aromatic carbocycles.